The van der Waals surface area contributed by atoms with Gasteiger partial charge in [-0.2, -0.15) is 0 Å². The topological polar surface area (TPSA) is 23.5 Å². The van der Waals surface area contributed by atoms with E-state index >= 15 is 0 Å². The van der Waals surface area contributed by atoms with Crippen molar-refractivity contribution >= 4 is 0 Å². The van der Waals surface area contributed by atoms with E-state index in [2.05, 4.69) is 31.7 Å². The Kier molecular flexibility index (Phi) is 5.54. The Hall–Kier alpha value is -1.02. The van der Waals surface area contributed by atoms with Crippen LogP contribution in [0.15, 0.2) is 24.3 Å². The first kappa shape index (κ1) is 17.8. The number of phenolic OH excluding ortho intramolecular Hbond substituents is 1. The number of aromatic hydroxyl groups is 1. The lowest BCUT2D eigenvalue weighted by molar-refractivity contribution is 0.0836. The zero-order valence-corrected chi connectivity index (χ0v) is 15.8. The third-order valence-corrected chi connectivity index (χ3v) is 7.07. The van der Waals surface area contributed by atoms with Crippen molar-refractivity contribution in [2.75, 3.05) is 19.6 Å². The fourth-order valence-electron chi connectivity index (χ4n) is 5.03. The van der Waals surface area contributed by atoms with Crippen molar-refractivity contribution < 1.29 is 5.11 Å². The van der Waals surface area contributed by atoms with E-state index in [0.29, 0.717) is 11.7 Å². The molecule has 2 aliphatic rings. The highest BCUT2D eigenvalue weighted by Crippen LogP contribution is 2.41. The second-order valence-electron chi connectivity index (χ2n) is 8.75. The molecule has 1 saturated carbocycles. The Bertz CT molecular complexity index is 537. The molecule has 0 radical (unpaired) electrons. The van der Waals surface area contributed by atoms with Crippen LogP contribution in [0.3, 0.4) is 0 Å². The van der Waals surface area contributed by atoms with Crippen LogP contribution in [0.2, 0.25) is 0 Å². The standard InChI is InChI=1S/C22H35NO/c1-17(19-8-5-4-6-9-19)15-23-13-12-22(3,18(2)16-23)20-10-7-11-21(24)14-20/h7,10-11,14,17-19,24H,4-6,8-9,12-13,15-16H2,1-3H3. The number of nitrogens with zero attached hydrogens (tertiary/aromatic N) is 1. The van der Waals surface area contributed by atoms with E-state index in [0.717, 1.165) is 11.8 Å². The number of hydrogen-bond acceptors (Lipinski definition) is 2. The average Bonchev–Trinajstić information content (AvgIpc) is 2.59. The van der Waals surface area contributed by atoms with Gasteiger partial charge in [-0.3, -0.25) is 0 Å². The number of likely N-dealkylation sites (tertiary alicyclic amines) is 1. The molecule has 2 fully saturated rings. The van der Waals surface area contributed by atoms with Gasteiger partial charge in [-0.1, -0.05) is 65.0 Å². The summed E-state index contributed by atoms with van der Waals surface area (Å²) in [5.41, 5.74) is 1.48. The first-order valence-electron chi connectivity index (χ1n) is 10.0. The smallest absolute Gasteiger partial charge is 0.115 e. The minimum atomic E-state index is 0.184. The number of phenols is 1. The Morgan fingerprint density at radius 1 is 1.25 bits per heavy atom. The zero-order chi connectivity index (χ0) is 17.2. The molecule has 1 aliphatic heterocycles. The van der Waals surface area contributed by atoms with Gasteiger partial charge in [0.05, 0.1) is 0 Å². The van der Waals surface area contributed by atoms with E-state index < -0.39 is 0 Å². The maximum atomic E-state index is 9.85. The summed E-state index contributed by atoms with van der Waals surface area (Å²) in [6.45, 7) is 10.9. The number of hydrogen-bond donors (Lipinski definition) is 1. The summed E-state index contributed by atoms with van der Waals surface area (Å²) in [5.74, 6) is 2.80. The van der Waals surface area contributed by atoms with Gasteiger partial charge in [0.2, 0.25) is 0 Å². The minimum Gasteiger partial charge on any atom is -0.508 e. The molecule has 24 heavy (non-hydrogen) atoms. The average molecular weight is 330 g/mol. The van der Waals surface area contributed by atoms with Gasteiger partial charge in [0.1, 0.15) is 5.75 Å². The molecule has 0 bridgehead atoms. The lowest BCUT2D eigenvalue weighted by atomic mass is 9.68. The minimum absolute atomic E-state index is 0.184. The summed E-state index contributed by atoms with van der Waals surface area (Å²) in [6.07, 6.45) is 8.43. The number of rotatable bonds is 4. The highest BCUT2D eigenvalue weighted by atomic mass is 16.3. The fraction of sp³-hybridized carbons (Fsp3) is 0.727. The molecule has 3 rings (SSSR count). The Labute approximate surface area is 148 Å². The largest absolute Gasteiger partial charge is 0.508 e. The first-order chi connectivity index (χ1) is 11.5. The monoisotopic (exact) mass is 329 g/mol. The van der Waals surface area contributed by atoms with E-state index in [1.165, 1.54) is 63.7 Å². The fourth-order valence-corrected chi connectivity index (χ4v) is 5.03. The van der Waals surface area contributed by atoms with Crippen LogP contribution < -0.4 is 0 Å². The Morgan fingerprint density at radius 3 is 2.67 bits per heavy atom. The van der Waals surface area contributed by atoms with Crippen LogP contribution in [0, 0.1) is 17.8 Å². The van der Waals surface area contributed by atoms with Crippen LogP contribution >= 0.6 is 0 Å². The molecule has 2 heteroatoms. The SMILES string of the molecule is CC(CN1CCC(C)(c2cccc(O)c2)C(C)C1)C1CCCCC1. The summed E-state index contributed by atoms with van der Waals surface area (Å²) >= 11 is 0. The van der Waals surface area contributed by atoms with Crippen molar-refractivity contribution in [2.24, 2.45) is 17.8 Å². The lowest BCUT2D eigenvalue weighted by Crippen LogP contribution is -2.48. The third kappa shape index (κ3) is 3.79. The predicted octanol–water partition coefficient (Wildman–Crippen LogP) is 5.21. The number of benzene rings is 1. The van der Waals surface area contributed by atoms with Crippen LogP contribution in [0.25, 0.3) is 0 Å². The molecule has 1 aromatic carbocycles. The van der Waals surface area contributed by atoms with Crippen LogP contribution in [0.1, 0.15) is 64.9 Å². The maximum absolute atomic E-state index is 9.85. The molecule has 0 spiro atoms. The second kappa shape index (κ2) is 7.47. The van der Waals surface area contributed by atoms with Gasteiger partial charge in [-0.15, -0.1) is 0 Å². The highest BCUT2D eigenvalue weighted by Gasteiger charge is 2.38. The van der Waals surface area contributed by atoms with Crippen molar-refractivity contribution in [3.05, 3.63) is 29.8 Å². The molecule has 2 nitrogen and oxygen atoms in total. The molecule has 1 aromatic rings. The summed E-state index contributed by atoms with van der Waals surface area (Å²) in [6, 6.07) is 7.92. The molecule has 134 valence electrons. The second-order valence-corrected chi connectivity index (χ2v) is 8.75. The van der Waals surface area contributed by atoms with E-state index in [1.807, 2.05) is 12.1 Å². The summed E-state index contributed by atoms with van der Waals surface area (Å²) < 4.78 is 0. The van der Waals surface area contributed by atoms with Crippen LogP contribution in [0.5, 0.6) is 5.75 Å². The molecule has 1 N–H and O–H groups in total. The van der Waals surface area contributed by atoms with Crippen LogP contribution in [-0.2, 0) is 5.41 Å². The van der Waals surface area contributed by atoms with Crippen molar-refractivity contribution in [1.29, 1.82) is 0 Å². The highest BCUT2D eigenvalue weighted by molar-refractivity contribution is 5.33. The van der Waals surface area contributed by atoms with Gasteiger partial charge in [0, 0.05) is 13.1 Å². The van der Waals surface area contributed by atoms with Crippen LogP contribution in [0.4, 0.5) is 0 Å². The number of piperidine rings is 1. The summed E-state index contributed by atoms with van der Waals surface area (Å²) in [7, 11) is 0. The first-order valence-corrected chi connectivity index (χ1v) is 10.0. The molecular formula is C22H35NO. The molecule has 1 aliphatic carbocycles. The molecule has 0 aromatic heterocycles. The molecule has 0 amide bonds. The van der Waals surface area contributed by atoms with Gasteiger partial charge >= 0.3 is 0 Å². The van der Waals surface area contributed by atoms with Crippen molar-refractivity contribution in [2.45, 2.75) is 64.7 Å². The van der Waals surface area contributed by atoms with Gasteiger partial charge in [0.15, 0.2) is 0 Å². The lowest BCUT2D eigenvalue weighted by Gasteiger charge is -2.46. The van der Waals surface area contributed by atoms with E-state index in [4.69, 9.17) is 0 Å². The van der Waals surface area contributed by atoms with E-state index in [1.54, 1.807) is 6.07 Å². The molecule has 1 saturated heterocycles. The van der Waals surface area contributed by atoms with Gasteiger partial charge in [-0.25, -0.2) is 0 Å². The van der Waals surface area contributed by atoms with Crippen LogP contribution in [-0.4, -0.2) is 29.6 Å². The van der Waals surface area contributed by atoms with E-state index in [-0.39, 0.29) is 5.41 Å². The van der Waals surface area contributed by atoms with Gasteiger partial charge < -0.3 is 10.0 Å². The molecule has 1 heterocycles. The van der Waals surface area contributed by atoms with Gasteiger partial charge in [-0.05, 0) is 53.8 Å². The van der Waals surface area contributed by atoms with Crippen molar-refractivity contribution in [3.63, 3.8) is 0 Å². The molecule has 3 unspecified atom stereocenters. The van der Waals surface area contributed by atoms with Gasteiger partial charge in [0.25, 0.3) is 0 Å². The normalized spacial score (nSPS) is 31.0. The van der Waals surface area contributed by atoms with Crippen molar-refractivity contribution in [3.8, 4) is 5.75 Å². The Balaban J connectivity index is 1.60. The molecule has 3 atom stereocenters. The quantitative estimate of drug-likeness (QED) is 0.820. The Morgan fingerprint density at radius 2 is 2.00 bits per heavy atom. The van der Waals surface area contributed by atoms with E-state index in [9.17, 15) is 5.11 Å². The zero-order valence-electron chi connectivity index (χ0n) is 15.8. The maximum Gasteiger partial charge on any atom is 0.115 e. The summed E-state index contributed by atoms with van der Waals surface area (Å²) in [5, 5.41) is 9.85. The predicted molar refractivity (Wildman–Crippen MR) is 101 cm³/mol. The third-order valence-electron chi connectivity index (χ3n) is 7.07. The molecular weight excluding hydrogens is 294 g/mol. The van der Waals surface area contributed by atoms with Crippen molar-refractivity contribution in [1.82, 2.24) is 4.90 Å². The summed E-state index contributed by atoms with van der Waals surface area (Å²) in [4.78, 5) is 2.70.